The maximum atomic E-state index is 13.1. The molecular weight excluding hydrogens is 293 g/mol. The number of halogens is 2. The number of amides is 1. The Hall–Kier alpha value is -2.42. The lowest BCUT2D eigenvalue weighted by atomic mass is 10.2. The van der Waals surface area contributed by atoms with E-state index in [0.717, 1.165) is 0 Å². The van der Waals surface area contributed by atoms with Crippen LogP contribution in [0.5, 0.6) is 0 Å². The highest BCUT2D eigenvalue weighted by molar-refractivity contribution is 6.31. The molecule has 4 nitrogen and oxygen atoms in total. The van der Waals surface area contributed by atoms with E-state index in [9.17, 15) is 9.18 Å². The monoisotopic (exact) mass is 303 g/mol. The minimum absolute atomic E-state index is 0.0616. The van der Waals surface area contributed by atoms with Crippen LogP contribution in [0.2, 0.25) is 5.02 Å². The summed E-state index contributed by atoms with van der Waals surface area (Å²) in [7, 11) is 0. The molecule has 1 heterocycles. The van der Waals surface area contributed by atoms with Crippen LogP contribution in [0.1, 0.15) is 15.9 Å². The summed E-state index contributed by atoms with van der Waals surface area (Å²) in [5.74, 6) is 4.54. The van der Waals surface area contributed by atoms with Crippen LogP contribution in [-0.4, -0.2) is 17.4 Å². The molecule has 0 unspecified atom stereocenters. The third-order valence-corrected chi connectivity index (χ3v) is 2.80. The molecule has 0 saturated carbocycles. The fourth-order valence-electron chi connectivity index (χ4n) is 1.56. The Morgan fingerprint density at radius 3 is 2.90 bits per heavy atom. The number of benzene rings is 1. The lowest BCUT2D eigenvalue weighted by molar-refractivity contribution is 0.102. The Morgan fingerprint density at radius 2 is 2.19 bits per heavy atom. The van der Waals surface area contributed by atoms with Gasteiger partial charge >= 0.3 is 0 Å². The van der Waals surface area contributed by atoms with Crippen LogP contribution in [0, 0.1) is 17.7 Å². The van der Waals surface area contributed by atoms with Gasteiger partial charge in [0.15, 0.2) is 0 Å². The quantitative estimate of drug-likeness (QED) is 0.837. The van der Waals surface area contributed by atoms with Crippen molar-refractivity contribution in [2.45, 2.75) is 0 Å². The summed E-state index contributed by atoms with van der Waals surface area (Å²) in [5, 5.41) is 2.55. The molecule has 21 heavy (non-hydrogen) atoms. The Bertz CT molecular complexity index is 737. The van der Waals surface area contributed by atoms with E-state index in [1.807, 2.05) is 0 Å². The molecule has 1 aromatic heterocycles. The van der Waals surface area contributed by atoms with E-state index in [4.69, 9.17) is 17.3 Å². The number of pyridine rings is 1. The van der Waals surface area contributed by atoms with Gasteiger partial charge in [-0.15, -0.1) is 0 Å². The van der Waals surface area contributed by atoms with Crippen LogP contribution in [0.25, 0.3) is 0 Å². The first kappa shape index (κ1) is 15.0. The molecule has 0 atom stereocenters. The molecule has 0 aliphatic rings. The first-order valence-corrected chi connectivity index (χ1v) is 6.38. The van der Waals surface area contributed by atoms with Crippen LogP contribution in [0.15, 0.2) is 36.7 Å². The molecule has 0 aliphatic carbocycles. The van der Waals surface area contributed by atoms with Gasteiger partial charge in [0.2, 0.25) is 0 Å². The number of aromatic nitrogens is 1. The summed E-state index contributed by atoms with van der Waals surface area (Å²) >= 11 is 5.66. The van der Waals surface area contributed by atoms with E-state index in [0.29, 0.717) is 16.8 Å². The second kappa shape index (κ2) is 6.84. The van der Waals surface area contributed by atoms with Crippen LogP contribution < -0.4 is 11.1 Å². The molecule has 0 spiro atoms. The maximum Gasteiger partial charge on any atom is 0.257 e. The zero-order valence-corrected chi connectivity index (χ0v) is 11.6. The second-order valence-corrected chi connectivity index (χ2v) is 4.46. The average molecular weight is 304 g/mol. The number of anilines is 1. The molecule has 0 bridgehead atoms. The van der Waals surface area contributed by atoms with Crippen LogP contribution >= 0.6 is 11.6 Å². The molecule has 1 amide bonds. The standard InChI is InChI=1S/C15H11ClFN3O/c16-13-7-12(3-4-14(13)17)20-15(21)11-6-10(2-1-5-18)8-19-9-11/h3-4,6-9H,5,18H2,(H,20,21). The zero-order chi connectivity index (χ0) is 15.2. The van der Waals surface area contributed by atoms with Crippen molar-refractivity contribution in [1.82, 2.24) is 4.98 Å². The number of hydrogen-bond donors (Lipinski definition) is 2. The third kappa shape index (κ3) is 4.02. The number of nitrogens with one attached hydrogen (secondary N) is 1. The summed E-state index contributed by atoms with van der Waals surface area (Å²) in [6.07, 6.45) is 2.95. The third-order valence-electron chi connectivity index (χ3n) is 2.51. The second-order valence-electron chi connectivity index (χ2n) is 4.05. The van der Waals surface area contributed by atoms with Crippen LogP contribution in [-0.2, 0) is 0 Å². The van der Waals surface area contributed by atoms with Crippen molar-refractivity contribution in [3.05, 3.63) is 58.6 Å². The molecule has 6 heteroatoms. The molecule has 0 saturated heterocycles. The molecule has 2 aromatic rings. The molecule has 3 N–H and O–H groups in total. The van der Waals surface area contributed by atoms with Crippen molar-refractivity contribution in [2.24, 2.45) is 5.73 Å². The maximum absolute atomic E-state index is 13.1. The van der Waals surface area contributed by atoms with Gasteiger partial charge in [-0.05, 0) is 24.3 Å². The van der Waals surface area contributed by atoms with E-state index in [-0.39, 0.29) is 17.5 Å². The van der Waals surface area contributed by atoms with Gasteiger partial charge in [-0.3, -0.25) is 9.78 Å². The van der Waals surface area contributed by atoms with E-state index in [1.54, 1.807) is 6.07 Å². The van der Waals surface area contributed by atoms with Crippen molar-refractivity contribution in [1.29, 1.82) is 0 Å². The Balaban J connectivity index is 2.18. The largest absolute Gasteiger partial charge is 0.322 e. The summed E-state index contributed by atoms with van der Waals surface area (Å²) in [5.41, 5.74) is 6.60. The number of nitrogens with zero attached hydrogens (tertiary/aromatic N) is 1. The van der Waals surface area contributed by atoms with Crippen molar-refractivity contribution in [3.8, 4) is 11.8 Å². The highest BCUT2D eigenvalue weighted by Crippen LogP contribution is 2.19. The minimum Gasteiger partial charge on any atom is -0.322 e. The number of carbonyl (C=O) groups excluding carboxylic acids is 1. The van der Waals surface area contributed by atoms with Crippen LogP contribution in [0.4, 0.5) is 10.1 Å². The molecular formula is C15H11ClFN3O. The number of rotatable bonds is 2. The number of hydrogen-bond acceptors (Lipinski definition) is 3. The predicted molar refractivity (Wildman–Crippen MR) is 79.5 cm³/mol. The highest BCUT2D eigenvalue weighted by Gasteiger charge is 2.08. The smallest absolute Gasteiger partial charge is 0.257 e. The first-order chi connectivity index (χ1) is 10.1. The van der Waals surface area contributed by atoms with Gasteiger partial charge in [0.1, 0.15) is 5.82 Å². The Kier molecular flexibility index (Phi) is 4.88. The van der Waals surface area contributed by atoms with E-state index < -0.39 is 5.82 Å². The van der Waals surface area contributed by atoms with Crippen molar-refractivity contribution in [3.63, 3.8) is 0 Å². The summed E-state index contributed by atoms with van der Waals surface area (Å²) in [4.78, 5) is 16.0. The van der Waals surface area contributed by atoms with Crippen molar-refractivity contribution in [2.75, 3.05) is 11.9 Å². The number of nitrogens with two attached hydrogens (primary N) is 1. The lowest BCUT2D eigenvalue weighted by Crippen LogP contribution is -2.12. The van der Waals surface area contributed by atoms with E-state index in [2.05, 4.69) is 22.1 Å². The molecule has 2 rings (SSSR count). The lowest BCUT2D eigenvalue weighted by Gasteiger charge is -2.06. The summed E-state index contributed by atoms with van der Waals surface area (Å²) in [6, 6.07) is 5.53. The molecule has 0 radical (unpaired) electrons. The number of carbonyl (C=O) groups is 1. The van der Waals surface area contributed by atoms with Gasteiger partial charge in [0, 0.05) is 23.6 Å². The minimum atomic E-state index is -0.546. The Labute approximate surface area is 126 Å². The predicted octanol–water partition coefficient (Wildman–Crippen LogP) is 2.44. The fourth-order valence-corrected chi connectivity index (χ4v) is 1.74. The van der Waals surface area contributed by atoms with Gasteiger partial charge in [-0.25, -0.2) is 4.39 Å². The van der Waals surface area contributed by atoms with Crippen molar-refractivity contribution >= 4 is 23.2 Å². The zero-order valence-electron chi connectivity index (χ0n) is 10.9. The van der Waals surface area contributed by atoms with Gasteiger partial charge in [0.05, 0.1) is 17.1 Å². The SMILES string of the molecule is NCC#Cc1cncc(C(=O)Nc2ccc(F)c(Cl)c2)c1. The first-order valence-electron chi connectivity index (χ1n) is 6.00. The van der Waals surface area contributed by atoms with E-state index >= 15 is 0 Å². The van der Waals surface area contributed by atoms with Crippen molar-refractivity contribution < 1.29 is 9.18 Å². The fraction of sp³-hybridized carbons (Fsp3) is 0.0667. The van der Waals surface area contributed by atoms with Gasteiger partial charge < -0.3 is 11.1 Å². The Morgan fingerprint density at radius 1 is 1.38 bits per heavy atom. The summed E-state index contributed by atoms with van der Waals surface area (Å²) < 4.78 is 13.1. The normalized spacial score (nSPS) is 9.67. The molecule has 0 aliphatic heterocycles. The van der Waals surface area contributed by atoms with Gasteiger partial charge in [-0.1, -0.05) is 23.4 Å². The highest BCUT2D eigenvalue weighted by atomic mass is 35.5. The summed E-state index contributed by atoms with van der Waals surface area (Å²) in [6.45, 7) is 0.227. The molecule has 106 valence electrons. The average Bonchev–Trinajstić information content (AvgIpc) is 2.49. The van der Waals surface area contributed by atoms with Gasteiger partial charge in [-0.2, -0.15) is 0 Å². The van der Waals surface area contributed by atoms with Crippen LogP contribution in [0.3, 0.4) is 0 Å². The van der Waals surface area contributed by atoms with Gasteiger partial charge in [0.25, 0.3) is 5.91 Å². The molecule has 0 fully saturated rings. The molecule has 1 aromatic carbocycles. The topological polar surface area (TPSA) is 68.0 Å². The van der Waals surface area contributed by atoms with E-state index in [1.165, 1.54) is 30.6 Å².